The molecule has 0 bridgehead atoms. The van der Waals surface area contributed by atoms with Crippen LogP contribution in [0, 0.1) is 25.5 Å². The first-order valence-corrected chi connectivity index (χ1v) is 6.64. The molecule has 108 valence electrons. The van der Waals surface area contributed by atoms with E-state index in [1.54, 1.807) is 0 Å². The summed E-state index contributed by atoms with van der Waals surface area (Å²) >= 11 is 0. The summed E-state index contributed by atoms with van der Waals surface area (Å²) in [5.41, 5.74) is 9.25. The third-order valence-electron chi connectivity index (χ3n) is 3.72. The van der Waals surface area contributed by atoms with E-state index < -0.39 is 11.6 Å². The SMILES string of the molecule is Cc1cc2ncn(-c3c(F)cc(CN)cc3F)c2cc1C. The Balaban J connectivity index is 2.28. The van der Waals surface area contributed by atoms with Crippen LogP contribution >= 0.6 is 0 Å². The summed E-state index contributed by atoms with van der Waals surface area (Å²) in [6.45, 7) is 4.03. The zero-order chi connectivity index (χ0) is 15.1. The van der Waals surface area contributed by atoms with E-state index in [0.717, 1.165) is 11.1 Å². The molecule has 2 aromatic carbocycles. The summed E-state index contributed by atoms with van der Waals surface area (Å²) in [4.78, 5) is 4.23. The Labute approximate surface area is 121 Å². The van der Waals surface area contributed by atoms with Crippen molar-refractivity contribution in [1.82, 2.24) is 9.55 Å². The van der Waals surface area contributed by atoms with Crippen LogP contribution in [0.5, 0.6) is 0 Å². The van der Waals surface area contributed by atoms with E-state index in [2.05, 4.69) is 4.98 Å². The van der Waals surface area contributed by atoms with Crippen LogP contribution in [0.25, 0.3) is 16.7 Å². The van der Waals surface area contributed by atoms with Crippen LogP contribution in [-0.4, -0.2) is 9.55 Å². The number of aromatic nitrogens is 2. The van der Waals surface area contributed by atoms with Gasteiger partial charge in [-0.3, -0.25) is 4.57 Å². The maximum atomic E-state index is 14.2. The van der Waals surface area contributed by atoms with Gasteiger partial charge in [0.25, 0.3) is 0 Å². The molecule has 0 saturated heterocycles. The van der Waals surface area contributed by atoms with Gasteiger partial charge in [-0.05, 0) is 54.8 Å². The van der Waals surface area contributed by atoms with Crippen LogP contribution in [0.4, 0.5) is 8.78 Å². The number of nitrogens with zero attached hydrogens (tertiary/aromatic N) is 2. The first-order chi connectivity index (χ1) is 10.0. The molecule has 1 heterocycles. The average Bonchev–Trinajstić information content (AvgIpc) is 2.81. The summed E-state index contributed by atoms with van der Waals surface area (Å²) in [7, 11) is 0. The summed E-state index contributed by atoms with van der Waals surface area (Å²) in [5, 5.41) is 0. The molecule has 2 N–H and O–H groups in total. The Morgan fingerprint density at radius 1 is 1.05 bits per heavy atom. The van der Waals surface area contributed by atoms with E-state index in [1.165, 1.54) is 23.0 Å². The molecule has 21 heavy (non-hydrogen) atoms. The van der Waals surface area contributed by atoms with Crippen LogP contribution < -0.4 is 5.73 Å². The second-order valence-electron chi connectivity index (χ2n) is 5.15. The van der Waals surface area contributed by atoms with E-state index in [0.29, 0.717) is 16.6 Å². The lowest BCUT2D eigenvalue weighted by Crippen LogP contribution is -2.04. The summed E-state index contributed by atoms with van der Waals surface area (Å²) < 4.78 is 29.9. The first kappa shape index (κ1) is 13.7. The highest BCUT2D eigenvalue weighted by Gasteiger charge is 2.16. The van der Waals surface area contributed by atoms with Crippen molar-refractivity contribution in [2.45, 2.75) is 20.4 Å². The fourth-order valence-corrected chi connectivity index (χ4v) is 2.41. The lowest BCUT2D eigenvalue weighted by Gasteiger charge is -2.10. The van der Waals surface area contributed by atoms with Gasteiger partial charge in [0.1, 0.15) is 12.0 Å². The maximum absolute atomic E-state index is 14.2. The minimum Gasteiger partial charge on any atom is -0.326 e. The predicted octanol–water partition coefficient (Wildman–Crippen LogP) is 3.38. The number of aryl methyl sites for hydroxylation is 2. The average molecular weight is 287 g/mol. The highest BCUT2D eigenvalue weighted by atomic mass is 19.1. The van der Waals surface area contributed by atoms with Gasteiger partial charge in [0, 0.05) is 6.54 Å². The molecule has 5 heteroatoms. The molecule has 0 radical (unpaired) electrons. The van der Waals surface area contributed by atoms with Crippen molar-refractivity contribution in [3.8, 4) is 5.69 Å². The minimum absolute atomic E-state index is 0.0943. The standard InChI is InChI=1S/C16H15F2N3/c1-9-3-14-15(4-10(9)2)21(8-20-14)16-12(17)5-11(7-19)6-13(16)18/h3-6,8H,7,19H2,1-2H3. The normalized spacial score (nSPS) is 11.3. The molecule has 0 aliphatic heterocycles. The molecule has 3 aromatic rings. The van der Waals surface area contributed by atoms with E-state index in [1.807, 2.05) is 26.0 Å². The first-order valence-electron chi connectivity index (χ1n) is 6.64. The van der Waals surface area contributed by atoms with E-state index in [9.17, 15) is 8.78 Å². The number of rotatable bonds is 2. The third-order valence-corrected chi connectivity index (χ3v) is 3.72. The Hall–Kier alpha value is -2.27. The van der Waals surface area contributed by atoms with Crippen molar-refractivity contribution >= 4 is 11.0 Å². The fraction of sp³-hybridized carbons (Fsp3) is 0.188. The fourth-order valence-electron chi connectivity index (χ4n) is 2.41. The summed E-state index contributed by atoms with van der Waals surface area (Å²) in [6.07, 6.45) is 1.44. The Morgan fingerprint density at radius 2 is 1.67 bits per heavy atom. The zero-order valence-corrected chi connectivity index (χ0v) is 11.8. The van der Waals surface area contributed by atoms with Gasteiger partial charge in [-0.1, -0.05) is 0 Å². The van der Waals surface area contributed by atoms with E-state index >= 15 is 0 Å². The lowest BCUT2D eigenvalue weighted by molar-refractivity contribution is 0.567. The highest BCUT2D eigenvalue weighted by molar-refractivity contribution is 5.79. The molecule has 0 spiro atoms. The van der Waals surface area contributed by atoms with Crippen LogP contribution in [0.1, 0.15) is 16.7 Å². The van der Waals surface area contributed by atoms with Crippen molar-refractivity contribution in [1.29, 1.82) is 0 Å². The summed E-state index contributed by atoms with van der Waals surface area (Å²) in [5.74, 6) is -1.29. The van der Waals surface area contributed by atoms with Crippen LogP contribution in [0.2, 0.25) is 0 Å². The van der Waals surface area contributed by atoms with Gasteiger partial charge < -0.3 is 5.73 Å². The molecule has 0 atom stereocenters. The van der Waals surface area contributed by atoms with E-state index in [-0.39, 0.29) is 12.2 Å². The molecule has 0 fully saturated rings. The van der Waals surface area contributed by atoms with Gasteiger partial charge in [-0.2, -0.15) is 0 Å². The van der Waals surface area contributed by atoms with Gasteiger partial charge in [0.2, 0.25) is 0 Å². The smallest absolute Gasteiger partial charge is 0.150 e. The molecule has 0 unspecified atom stereocenters. The lowest BCUT2D eigenvalue weighted by atomic mass is 10.1. The number of hydrogen-bond donors (Lipinski definition) is 1. The molecule has 0 saturated carbocycles. The number of benzene rings is 2. The minimum atomic E-state index is -0.645. The van der Waals surface area contributed by atoms with Gasteiger partial charge in [-0.15, -0.1) is 0 Å². The topological polar surface area (TPSA) is 43.8 Å². The monoisotopic (exact) mass is 287 g/mol. The molecule has 1 aromatic heterocycles. The van der Waals surface area contributed by atoms with Gasteiger partial charge in [0.05, 0.1) is 11.0 Å². The van der Waals surface area contributed by atoms with Gasteiger partial charge >= 0.3 is 0 Å². The number of fused-ring (bicyclic) bond motifs is 1. The Bertz CT molecular complexity index is 814. The summed E-state index contributed by atoms with van der Waals surface area (Å²) in [6, 6.07) is 6.30. The second kappa shape index (κ2) is 4.93. The number of hydrogen-bond acceptors (Lipinski definition) is 2. The third kappa shape index (κ3) is 2.19. The molecule has 3 rings (SSSR count). The largest absolute Gasteiger partial charge is 0.326 e. The Kier molecular flexibility index (Phi) is 3.22. The number of nitrogens with two attached hydrogens (primary N) is 1. The predicted molar refractivity (Wildman–Crippen MR) is 78.4 cm³/mol. The molecule has 0 aliphatic rings. The Morgan fingerprint density at radius 3 is 2.29 bits per heavy atom. The highest BCUT2D eigenvalue weighted by Crippen LogP contribution is 2.26. The van der Waals surface area contributed by atoms with Gasteiger partial charge in [0.15, 0.2) is 11.6 Å². The second-order valence-corrected chi connectivity index (χ2v) is 5.15. The van der Waals surface area contributed by atoms with Crippen molar-refractivity contribution in [2.75, 3.05) is 0 Å². The van der Waals surface area contributed by atoms with Crippen molar-refractivity contribution < 1.29 is 8.78 Å². The number of halogens is 2. The van der Waals surface area contributed by atoms with E-state index in [4.69, 9.17) is 5.73 Å². The van der Waals surface area contributed by atoms with Gasteiger partial charge in [-0.25, -0.2) is 13.8 Å². The molecule has 0 aliphatic carbocycles. The number of imidazole rings is 1. The van der Waals surface area contributed by atoms with Crippen LogP contribution in [0.15, 0.2) is 30.6 Å². The zero-order valence-electron chi connectivity index (χ0n) is 11.8. The van der Waals surface area contributed by atoms with Crippen molar-refractivity contribution in [3.63, 3.8) is 0 Å². The van der Waals surface area contributed by atoms with Crippen molar-refractivity contribution in [3.05, 3.63) is 58.9 Å². The molecule has 3 nitrogen and oxygen atoms in total. The molecule has 0 amide bonds. The molecular weight excluding hydrogens is 272 g/mol. The molecular formula is C16H15F2N3. The maximum Gasteiger partial charge on any atom is 0.150 e. The van der Waals surface area contributed by atoms with Crippen LogP contribution in [-0.2, 0) is 6.54 Å². The van der Waals surface area contributed by atoms with Crippen molar-refractivity contribution in [2.24, 2.45) is 5.73 Å². The van der Waals surface area contributed by atoms with Crippen LogP contribution in [0.3, 0.4) is 0 Å². The quantitative estimate of drug-likeness (QED) is 0.785.